The Balaban J connectivity index is 1.91. The molecule has 6 heteroatoms. The number of fused-ring (bicyclic) bond motifs is 1. The summed E-state index contributed by atoms with van der Waals surface area (Å²) in [5, 5.41) is 9.08. The number of aryl methyl sites for hydroxylation is 1. The Morgan fingerprint density at radius 3 is 2.67 bits per heavy atom. The van der Waals surface area contributed by atoms with Gasteiger partial charge in [-0.25, -0.2) is 0 Å². The fourth-order valence-electron chi connectivity index (χ4n) is 2.37. The molecule has 0 saturated heterocycles. The number of ether oxygens (including phenoxy) is 1. The van der Waals surface area contributed by atoms with Gasteiger partial charge in [0, 0.05) is 18.4 Å². The number of benzene rings is 1. The number of unbranched alkanes of at least 4 members (excludes halogenated alkanes) is 2. The lowest BCUT2D eigenvalue weighted by molar-refractivity contribution is -0.137. The van der Waals surface area contributed by atoms with E-state index < -0.39 is 5.97 Å². The SMILES string of the molecule is O=C(O)CCCCCOc1cc2c(c(Cl)c1Cl)C(=O)CC2. The molecule has 0 aliphatic heterocycles. The summed E-state index contributed by atoms with van der Waals surface area (Å²) < 4.78 is 5.61. The predicted octanol–water partition coefficient (Wildman–Crippen LogP) is 4.15. The van der Waals surface area contributed by atoms with E-state index in [9.17, 15) is 9.59 Å². The van der Waals surface area contributed by atoms with Gasteiger partial charge in [-0.1, -0.05) is 23.2 Å². The van der Waals surface area contributed by atoms with E-state index in [0.717, 1.165) is 18.4 Å². The van der Waals surface area contributed by atoms with E-state index in [4.69, 9.17) is 33.0 Å². The summed E-state index contributed by atoms with van der Waals surface area (Å²) in [7, 11) is 0. The van der Waals surface area contributed by atoms with Crippen LogP contribution in [0.25, 0.3) is 0 Å². The van der Waals surface area contributed by atoms with Crippen molar-refractivity contribution in [2.24, 2.45) is 0 Å². The molecule has 0 heterocycles. The van der Waals surface area contributed by atoms with Crippen molar-refractivity contribution < 1.29 is 19.4 Å². The molecule has 1 N–H and O–H groups in total. The van der Waals surface area contributed by atoms with Gasteiger partial charge < -0.3 is 9.84 Å². The maximum absolute atomic E-state index is 11.7. The van der Waals surface area contributed by atoms with Crippen molar-refractivity contribution in [2.45, 2.75) is 38.5 Å². The third kappa shape index (κ3) is 3.89. The number of aliphatic carboxylic acids is 1. The molecular weight excluding hydrogens is 315 g/mol. The number of Topliss-reactive ketones (excluding diaryl/α,β-unsaturated/α-hetero) is 1. The van der Waals surface area contributed by atoms with Gasteiger partial charge in [-0.05, 0) is 37.3 Å². The smallest absolute Gasteiger partial charge is 0.303 e. The Hall–Kier alpha value is -1.26. The number of hydrogen-bond donors (Lipinski definition) is 1. The van der Waals surface area contributed by atoms with Crippen LogP contribution in [0.1, 0.15) is 48.0 Å². The average Bonchev–Trinajstić information content (AvgIpc) is 2.80. The van der Waals surface area contributed by atoms with E-state index in [1.807, 2.05) is 0 Å². The highest BCUT2D eigenvalue weighted by molar-refractivity contribution is 6.45. The third-order valence-corrected chi connectivity index (χ3v) is 4.30. The molecule has 0 saturated carbocycles. The number of ketones is 1. The number of halogens is 2. The minimum atomic E-state index is -0.783. The molecule has 0 bridgehead atoms. The number of rotatable bonds is 7. The second kappa shape index (κ2) is 7.14. The van der Waals surface area contributed by atoms with Gasteiger partial charge in [-0.2, -0.15) is 0 Å². The first-order chi connectivity index (χ1) is 10.0. The zero-order valence-electron chi connectivity index (χ0n) is 11.5. The van der Waals surface area contributed by atoms with Gasteiger partial charge >= 0.3 is 5.97 Å². The van der Waals surface area contributed by atoms with Crippen molar-refractivity contribution >= 4 is 35.0 Å². The number of carboxylic acids is 1. The lowest BCUT2D eigenvalue weighted by Crippen LogP contribution is -2.01. The molecule has 0 spiro atoms. The van der Waals surface area contributed by atoms with Crippen LogP contribution in [0.2, 0.25) is 10.0 Å². The molecule has 114 valence electrons. The molecular formula is C15H16Cl2O4. The summed E-state index contributed by atoms with van der Waals surface area (Å²) >= 11 is 12.3. The molecule has 21 heavy (non-hydrogen) atoms. The molecule has 0 unspecified atom stereocenters. The highest BCUT2D eigenvalue weighted by atomic mass is 35.5. The molecule has 0 radical (unpaired) electrons. The summed E-state index contributed by atoms with van der Waals surface area (Å²) in [5.74, 6) is -0.264. The molecule has 4 nitrogen and oxygen atoms in total. The van der Waals surface area contributed by atoms with Crippen molar-refractivity contribution in [3.8, 4) is 5.75 Å². The van der Waals surface area contributed by atoms with Crippen LogP contribution in [0.15, 0.2) is 6.07 Å². The van der Waals surface area contributed by atoms with Gasteiger partial charge in [0.05, 0.1) is 11.6 Å². The Morgan fingerprint density at radius 2 is 1.95 bits per heavy atom. The van der Waals surface area contributed by atoms with Crippen molar-refractivity contribution in [3.63, 3.8) is 0 Å². The highest BCUT2D eigenvalue weighted by Gasteiger charge is 2.26. The summed E-state index contributed by atoms with van der Waals surface area (Å²) in [6.07, 6.45) is 3.46. The lowest BCUT2D eigenvalue weighted by atomic mass is 10.1. The van der Waals surface area contributed by atoms with E-state index in [0.29, 0.717) is 37.2 Å². The molecule has 0 aromatic heterocycles. The van der Waals surface area contributed by atoms with Crippen LogP contribution in [-0.2, 0) is 11.2 Å². The van der Waals surface area contributed by atoms with E-state index in [1.54, 1.807) is 6.07 Å². The molecule has 0 fully saturated rings. The molecule has 1 aliphatic carbocycles. The Labute approximate surface area is 133 Å². The Bertz CT molecular complexity index is 569. The Kier molecular flexibility index (Phi) is 5.48. The number of hydrogen-bond acceptors (Lipinski definition) is 3. The largest absolute Gasteiger partial charge is 0.492 e. The lowest BCUT2D eigenvalue weighted by Gasteiger charge is -2.12. The molecule has 0 amide bonds. The van der Waals surface area contributed by atoms with Crippen LogP contribution in [0.4, 0.5) is 0 Å². The quantitative estimate of drug-likeness (QED) is 0.763. The summed E-state index contributed by atoms with van der Waals surface area (Å²) in [5.41, 5.74) is 1.41. The second-order valence-electron chi connectivity index (χ2n) is 5.01. The van der Waals surface area contributed by atoms with Crippen molar-refractivity contribution in [1.29, 1.82) is 0 Å². The number of carbonyl (C=O) groups is 2. The summed E-state index contributed by atoms with van der Waals surface area (Å²) in [4.78, 5) is 22.1. The fourth-order valence-corrected chi connectivity index (χ4v) is 2.89. The van der Waals surface area contributed by atoms with Gasteiger partial charge in [0.25, 0.3) is 0 Å². The van der Waals surface area contributed by atoms with Crippen LogP contribution >= 0.6 is 23.2 Å². The topological polar surface area (TPSA) is 63.6 Å². The van der Waals surface area contributed by atoms with E-state index >= 15 is 0 Å². The van der Waals surface area contributed by atoms with Gasteiger partial charge in [0.15, 0.2) is 5.78 Å². The fraction of sp³-hybridized carbons (Fsp3) is 0.467. The molecule has 0 atom stereocenters. The molecule has 2 rings (SSSR count). The standard InChI is InChI=1S/C15H16Cl2O4/c16-14-11(21-7-3-1-2-4-12(19)20)8-9-5-6-10(18)13(9)15(14)17/h8H,1-7H2,(H,19,20). The Morgan fingerprint density at radius 1 is 1.19 bits per heavy atom. The minimum Gasteiger partial charge on any atom is -0.492 e. The van der Waals surface area contributed by atoms with Crippen LogP contribution in [0, 0.1) is 0 Å². The zero-order chi connectivity index (χ0) is 15.4. The first-order valence-electron chi connectivity index (χ1n) is 6.89. The number of carboxylic acid groups (broad SMARTS) is 1. The first-order valence-corrected chi connectivity index (χ1v) is 7.65. The maximum atomic E-state index is 11.7. The van der Waals surface area contributed by atoms with E-state index in [-0.39, 0.29) is 22.2 Å². The van der Waals surface area contributed by atoms with Gasteiger partial charge in [0.1, 0.15) is 10.8 Å². The van der Waals surface area contributed by atoms with Gasteiger partial charge in [-0.15, -0.1) is 0 Å². The maximum Gasteiger partial charge on any atom is 0.303 e. The van der Waals surface area contributed by atoms with Crippen LogP contribution in [0.3, 0.4) is 0 Å². The van der Waals surface area contributed by atoms with Crippen LogP contribution in [-0.4, -0.2) is 23.5 Å². The van der Waals surface area contributed by atoms with Crippen LogP contribution < -0.4 is 4.74 Å². The molecule has 1 aromatic carbocycles. The van der Waals surface area contributed by atoms with Crippen molar-refractivity contribution in [2.75, 3.05) is 6.61 Å². The molecule has 1 aromatic rings. The third-order valence-electron chi connectivity index (χ3n) is 3.45. The van der Waals surface area contributed by atoms with E-state index in [1.165, 1.54) is 0 Å². The normalized spacial score (nSPS) is 13.3. The second-order valence-corrected chi connectivity index (χ2v) is 5.77. The van der Waals surface area contributed by atoms with Crippen molar-refractivity contribution in [3.05, 3.63) is 27.2 Å². The first kappa shape index (κ1) is 16.1. The molecule has 1 aliphatic rings. The van der Waals surface area contributed by atoms with Gasteiger partial charge in [-0.3, -0.25) is 9.59 Å². The summed E-state index contributed by atoms with van der Waals surface area (Å²) in [6, 6.07) is 1.78. The average molecular weight is 331 g/mol. The van der Waals surface area contributed by atoms with Gasteiger partial charge in [0.2, 0.25) is 0 Å². The summed E-state index contributed by atoms with van der Waals surface area (Å²) in [6.45, 7) is 0.447. The number of carbonyl (C=O) groups excluding carboxylic acids is 1. The van der Waals surface area contributed by atoms with Crippen molar-refractivity contribution in [1.82, 2.24) is 0 Å². The highest BCUT2D eigenvalue weighted by Crippen LogP contribution is 2.40. The minimum absolute atomic E-state index is 0.0251. The van der Waals surface area contributed by atoms with Crippen LogP contribution in [0.5, 0.6) is 5.75 Å². The van der Waals surface area contributed by atoms with E-state index in [2.05, 4.69) is 0 Å². The predicted molar refractivity (Wildman–Crippen MR) is 80.7 cm³/mol. The zero-order valence-corrected chi connectivity index (χ0v) is 13.0. The monoisotopic (exact) mass is 330 g/mol.